The van der Waals surface area contributed by atoms with E-state index in [-0.39, 0.29) is 4.90 Å². The molecular weight excluding hydrogens is 506 g/mol. The number of hydrogen-bond donors (Lipinski definition) is 0. The molecule has 0 saturated heterocycles. The van der Waals surface area contributed by atoms with Crippen molar-refractivity contribution < 1.29 is 17.9 Å². The fourth-order valence-electron chi connectivity index (χ4n) is 4.60. The molecule has 4 aromatic rings. The minimum atomic E-state index is -3.99. The Bertz CT molecular complexity index is 1560. The van der Waals surface area contributed by atoms with Gasteiger partial charge in [0, 0.05) is 16.7 Å². The van der Waals surface area contributed by atoms with E-state index < -0.39 is 16.1 Å². The van der Waals surface area contributed by atoms with Gasteiger partial charge in [0.1, 0.15) is 0 Å². The van der Waals surface area contributed by atoms with E-state index in [4.69, 9.17) is 21.1 Å². The van der Waals surface area contributed by atoms with Gasteiger partial charge in [-0.25, -0.2) is 8.42 Å². The van der Waals surface area contributed by atoms with Crippen LogP contribution < -0.4 is 13.8 Å². The van der Waals surface area contributed by atoms with Gasteiger partial charge in [0.05, 0.1) is 30.8 Å². The molecule has 0 bridgehead atoms. The molecule has 188 valence electrons. The van der Waals surface area contributed by atoms with Crippen LogP contribution in [0.1, 0.15) is 28.3 Å². The van der Waals surface area contributed by atoms with E-state index in [1.807, 2.05) is 61.5 Å². The smallest absolute Gasteiger partial charge is 0.265 e. The Morgan fingerprint density at radius 3 is 2.05 bits per heavy atom. The zero-order chi connectivity index (χ0) is 26.2. The molecule has 0 amide bonds. The second-order valence-electron chi connectivity index (χ2n) is 8.78. The topological polar surface area (TPSA) is 55.8 Å². The molecule has 1 aliphatic heterocycles. The molecule has 5 nitrogen and oxygen atoms in total. The molecule has 1 heterocycles. The van der Waals surface area contributed by atoms with Crippen LogP contribution in [0, 0.1) is 6.92 Å². The van der Waals surface area contributed by atoms with Crippen molar-refractivity contribution in [1.29, 1.82) is 0 Å². The third-order valence-corrected chi connectivity index (χ3v) is 8.54. The number of anilines is 1. The van der Waals surface area contributed by atoms with E-state index >= 15 is 0 Å². The van der Waals surface area contributed by atoms with Gasteiger partial charge in [0.25, 0.3) is 10.0 Å². The van der Waals surface area contributed by atoms with Crippen molar-refractivity contribution in [2.75, 3.05) is 18.5 Å². The fourth-order valence-corrected chi connectivity index (χ4v) is 6.32. The predicted molar refractivity (Wildman–Crippen MR) is 148 cm³/mol. The summed E-state index contributed by atoms with van der Waals surface area (Å²) in [6.07, 6.45) is 1.98. The highest BCUT2D eigenvalue weighted by atomic mass is 35.5. The van der Waals surface area contributed by atoms with E-state index in [0.717, 1.165) is 27.8 Å². The zero-order valence-electron chi connectivity index (χ0n) is 20.7. The summed E-state index contributed by atoms with van der Waals surface area (Å²) in [6, 6.07) is 27.0. The molecule has 5 rings (SSSR count). The highest BCUT2D eigenvalue weighted by Crippen LogP contribution is 2.49. The second kappa shape index (κ2) is 9.96. The lowest BCUT2D eigenvalue weighted by molar-refractivity contribution is 0.355. The number of methoxy groups -OCH3 is 2. The van der Waals surface area contributed by atoms with Crippen LogP contribution in [-0.4, -0.2) is 22.6 Å². The largest absolute Gasteiger partial charge is 0.493 e. The Morgan fingerprint density at radius 2 is 1.43 bits per heavy atom. The molecule has 1 unspecified atom stereocenters. The number of benzene rings is 4. The lowest BCUT2D eigenvalue weighted by atomic mass is 9.89. The van der Waals surface area contributed by atoms with E-state index in [1.54, 1.807) is 49.6 Å². The Hall–Kier alpha value is -3.74. The number of nitrogens with zero attached hydrogens (tertiary/aromatic N) is 1. The first-order valence-electron chi connectivity index (χ1n) is 11.7. The van der Waals surface area contributed by atoms with Gasteiger partial charge in [-0.2, -0.15) is 0 Å². The number of rotatable bonds is 6. The Balaban J connectivity index is 1.83. The highest BCUT2D eigenvalue weighted by Gasteiger charge is 2.38. The molecule has 0 aliphatic carbocycles. The second-order valence-corrected chi connectivity index (χ2v) is 11.0. The van der Waals surface area contributed by atoms with Gasteiger partial charge in [-0.05, 0) is 60.0 Å². The minimum Gasteiger partial charge on any atom is -0.493 e. The van der Waals surface area contributed by atoms with E-state index in [9.17, 15) is 8.42 Å². The number of aryl methyl sites for hydroxylation is 1. The standard InChI is InChI=1S/C30H26ClNO4S/c1-20-9-15-24(16-10-20)37(33,34)32-27(22-11-13-23(31)14-12-22)17-25(21-7-5-4-6-8-21)26-18-29(35-2)30(36-3)19-28(26)32/h4-19,27H,1-3H3. The average Bonchev–Trinajstić information content (AvgIpc) is 2.92. The van der Waals surface area contributed by atoms with Crippen LogP contribution in [0.5, 0.6) is 11.5 Å². The first kappa shape index (κ1) is 24.9. The molecule has 1 aliphatic rings. The maximum atomic E-state index is 14.3. The third kappa shape index (κ3) is 4.59. The van der Waals surface area contributed by atoms with Crippen molar-refractivity contribution in [3.05, 3.63) is 124 Å². The van der Waals surface area contributed by atoms with Crippen LogP contribution in [0.2, 0.25) is 5.02 Å². The van der Waals surface area contributed by atoms with Crippen molar-refractivity contribution in [2.45, 2.75) is 17.9 Å². The van der Waals surface area contributed by atoms with Crippen LogP contribution in [0.3, 0.4) is 0 Å². The normalized spacial score (nSPS) is 15.1. The zero-order valence-corrected chi connectivity index (χ0v) is 22.3. The quantitative estimate of drug-likeness (QED) is 0.267. The van der Waals surface area contributed by atoms with E-state index in [2.05, 4.69) is 0 Å². The monoisotopic (exact) mass is 531 g/mol. The molecular formula is C30H26ClNO4S. The maximum absolute atomic E-state index is 14.3. The number of fused-ring (bicyclic) bond motifs is 1. The van der Waals surface area contributed by atoms with Crippen molar-refractivity contribution in [3.8, 4) is 11.5 Å². The van der Waals surface area contributed by atoms with Crippen LogP contribution in [0.4, 0.5) is 5.69 Å². The molecule has 1 atom stereocenters. The van der Waals surface area contributed by atoms with Crippen LogP contribution in [0.25, 0.3) is 5.57 Å². The molecule has 0 aromatic heterocycles. The van der Waals surface area contributed by atoms with Crippen molar-refractivity contribution in [1.82, 2.24) is 0 Å². The molecule has 7 heteroatoms. The molecule has 0 fully saturated rings. The number of halogens is 1. The Kier molecular flexibility index (Phi) is 6.71. The van der Waals surface area contributed by atoms with Gasteiger partial charge < -0.3 is 9.47 Å². The molecule has 0 spiro atoms. The van der Waals surface area contributed by atoms with Crippen LogP contribution >= 0.6 is 11.6 Å². The third-order valence-electron chi connectivity index (χ3n) is 6.48. The van der Waals surface area contributed by atoms with Crippen LogP contribution in [-0.2, 0) is 10.0 Å². The summed E-state index contributed by atoms with van der Waals surface area (Å²) in [5, 5.41) is 0.576. The first-order chi connectivity index (χ1) is 17.8. The minimum absolute atomic E-state index is 0.203. The lowest BCUT2D eigenvalue weighted by Gasteiger charge is -2.37. The van der Waals surface area contributed by atoms with Crippen molar-refractivity contribution in [2.24, 2.45) is 0 Å². The average molecular weight is 532 g/mol. The predicted octanol–water partition coefficient (Wildman–Crippen LogP) is 7.05. The van der Waals surface area contributed by atoms with Gasteiger partial charge in [-0.15, -0.1) is 0 Å². The van der Waals surface area contributed by atoms with Crippen molar-refractivity contribution >= 4 is 32.9 Å². The summed E-state index contributed by atoms with van der Waals surface area (Å²) in [5.74, 6) is 0.954. The van der Waals surface area contributed by atoms with Crippen molar-refractivity contribution in [3.63, 3.8) is 0 Å². The van der Waals surface area contributed by atoms with Gasteiger partial charge in [-0.1, -0.05) is 71.8 Å². The Labute approximate surface area is 222 Å². The summed E-state index contributed by atoms with van der Waals surface area (Å²) < 4.78 is 41.3. The molecule has 0 radical (unpaired) electrons. The lowest BCUT2D eigenvalue weighted by Crippen LogP contribution is -2.37. The number of sulfonamides is 1. The SMILES string of the molecule is COc1cc2c(cc1OC)N(S(=O)(=O)c1ccc(C)cc1)C(c1ccc(Cl)cc1)C=C2c1ccccc1. The summed E-state index contributed by atoms with van der Waals surface area (Å²) in [5.41, 5.74) is 4.84. The number of ether oxygens (including phenoxy) is 2. The molecule has 0 N–H and O–H groups in total. The first-order valence-corrected chi connectivity index (χ1v) is 13.6. The summed E-state index contributed by atoms with van der Waals surface area (Å²) >= 11 is 6.19. The van der Waals surface area contributed by atoms with E-state index in [0.29, 0.717) is 22.2 Å². The molecule has 37 heavy (non-hydrogen) atoms. The summed E-state index contributed by atoms with van der Waals surface area (Å²) in [6.45, 7) is 1.93. The molecule has 4 aromatic carbocycles. The van der Waals surface area contributed by atoms with Gasteiger partial charge >= 0.3 is 0 Å². The fraction of sp³-hybridized carbons (Fsp3) is 0.133. The van der Waals surface area contributed by atoms with Crippen LogP contribution in [0.15, 0.2) is 102 Å². The Morgan fingerprint density at radius 1 is 0.811 bits per heavy atom. The number of hydrogen-bond acceptors (Lipinski definition) is 4. The molecule has 0 saturated carbocycles. The van der Waals surface area contributed by atoms with Gasteiger partial charge in [0.15, 0.2) is 11.5 Å². The highest BCUT2D eigenvalue weighted by molar-refractivity contribution is 7.92. The summed E-state index contributed by atoms with van der Waals surface area (Å²) in [4.78, 5) is 0.203. The van der Waals surface area contributed by atoms with Gasteiger partial charge in [-0.3, -0.25) is 4.31 Å². The maximum Gasteiger partial charge on any atom is 0.265 e. The van der Waals surface area contributed by atoms with E-state index in [1.165, 1.54) is 11.4 Å². The summed E-state index contributed by atoms with van der Waals surface area (Å²) in [7, 11) is -0.886. The van der Waals surface area contributed by atoms with Gasteiger partial charge in [0.2, 0.25) is 0 Å².